The van der Waals surface area contributed by atoms with Crippen molar-refractivity contribution in [3.63, 3.8) is 0 Å². The Morgan fingerprint density at radius 1 is 0.722 bits per heavy atom. The molecule has 0 aromatic rings. The van der Waals surface area contributed by atoms with Crippen LogP contribution in [0.5, 0.6) is 0 Å². The van der Waals surface area contributed by atoms with Crippen molar-refractivity contribution in [1.82, 2.24) is 21.3 Å². The van der Waals surface area contributed by atoms with Crippen molar-refractivity contribution in [1.29, 1.82) is 0 Å². The number of hydrogen-bond donors (Lipinski definition) is 4. The van der Waals surface area contributed by atoms with Crippen LogP contribution >= 0.6 is 24.4 Å². The summed E-state index contributed by atoms with van der Waals surface area (Å²) in [5.41, 5.74) is 0. The summed E-state index contributed by atoms with van der Waals surface area (Å²) in [6.45, 7) is 3.62. The number of rotatable bonds is 7. The molecule has 2 aliphatic rings. The summed E-state index contributed by atoms with van der Waals surface area (Å²) in [7, 11) is 0. The highest BCUT2D eigenvalue weighted by atomic mass is 32.1. The summed E-state index contributed by atoms with van der Waals surface area (Å²) in [5, 5.41) is 14.3. The highest BCUT2D eigenvalue weighted by molar-refractivity contribution is 7.80. The first-order valence-electron chi connectivity index (χ1n) is 6.77. The van der Waals surface area contributed by atoms with Crippen LogP contribution in [0.4, 0.5) is 0 Å². The van der Waals surface area contributed by atoms with Crippen molar-refractivity contribution in [3.05, 3.63) is 0 Å². The molecule has 0 saturated heterocycles. The Morgan fingerprint density at radius 3 is 1.44 bits per heavy atom. The molecule has 102 valence electrons. The minimum absolute atomic E-state index is 0.751. The molecule has 0 radical (unpaired) electrons. The molecule has 0 atom stereocenters. The standard InChI is InChI=1S/C12H22N4S2/c17-11(15-7-9-1-2-9)13-5-6-14-12(18)16-8-10-3-4-10/h9-10H,1-8H2,(H2,13,15,17)(H2,14,16,18). The molecule has 4 N–H and O–H groups in total. The third-order valence-electron chi connectivity index (χ3n) is 3.19. The Bertz CT molecular complexity index is 270. The predicted molar refractivity (Wildman–Crippen MR) is 82.7 cm³/mol. The van der Waals surface area contributed by atoms with Gasteiger partial charge in [0.05, 0.1) is 0 Å². The summed E-state index contributed by atoms with van der Waals surface area (Å²) in [5.74, 6) is 1.70. The molecular weight excluding hydrogens is 264 g/mol. The Balaban J connectivity index is 1.39. The molecule has 2 fully saturated rings. The highest BCUT2D eigenvalue weighted by Gasteiger charge is 2.21. The highest BCUT2D eigenvalue weighted by Crippen LogP contribution is 2.27. The molecule has 4 nitrogen and oxygen atoms in total. The average Bonchev–Trinajstić information content (AvgIpc) is 3.23. The van der Waals surface area contributed by atoms with Gasteiger partial charge in [0.1, 0.15) is 0 Å². The van der Waals surface area contributed by atoms with Crippen molar-refractivity contribution in [2.24, 2.45) is 11.8 Å². The molecule has 0 unspecified atom stereocenters. The average molecular weight is 286 g/mol. The van der Waals surface area contributed by atoms with E-state index in [-0.39, 0.29) is 0 Å². The molecule has 0 bridgehead atoms. The molecule has 0 spiro atoms. The molecular formula is C12H22N4S2. The van der Waals surface area contributed by atoms with E-state index in [0.29, 0.717) is 0 Å². The van der Waals surface area contributed by atoms with Crippen LogP contribution in [0.15, 0.2) is 0 Å². The quantitative estimate of drug-likeness (QED) is 0.409. The second-order valence-electron chi connectivity index (χ2n) is 5.16. The Hall–Kier alpha value is -0.620. The smallest absolute Gasteiger partial charge is 0.166 e. The molecule has 0 aromatic heterocycles. The van der Waals surface area contributed by atoms with Gasteiger partial charge in [0.2, 0.25) is 0 Å². The fraction of sp³-hybridized carbons (Fsp3) is 0.833. The third-order valence-corrected chi connectivity index (χ3v) is 3.77. The Labute approximate surface area is 120 Å². The summed E-state index contributed by atoms with van der Waals surface area (Å²) in [4.78, 5) is 0. The summed E-state index contributed by atoms with van der Waals surface area (Å²) < 4.78 is 0. The fourth-order valence-corrected chi connectivity index (χ4v) is 1.97. The molecule has 0 aromatic carbocycles. The molecule has 18 heavy (non-hydrogen) atoms. The van der Waals surface area contributed by atoms with Gasteiger partial charge in [0.25, 0.3) is 0 Å². The van der Waals surface area contributed by atoms with Crippen molar-refractivity contribution in [3.8, 4) is 0 Å². The number of thiocarbonyl (C=S) groups is 2. The van der Waals surface area contributed by atoms with E-state index in [1.165, 1.54) is 25.7 Å². The van der Waals surface area contributed by atoms with E-state index < -0.39 is 0 Å². The lowest BCUT2D eigenvalue weighted by Gasteiger charge is -2.12. The van der Waals surface area contributed by atoms with Gasteiger partial charge in [-0.25, -0.2) is 0 Å². The zero-order chi connectivity index (χ0) is 12.8. The molecule has 6 heteroatoms. The molecule has 0 amide bonds. The van der Waals surface area contributed by atoms with Gasteiger partial charge in [0, 0.05) is 26.2 Å². The van der Waals surface area contributed by atoms with Crippen LogP contribution in [-0.2, 0) is 0 Å². The van der Waals surface area contributed by atoms with E-state index in [1.807, 2.05) is 0 Å². The second kappa shape index (κ2) is 7.09. The van der Waals surface area contributed by atoms with Crippen molar-refractivity contribution in [2.45, 2.75) is 25.7 Å². The van der Waals surface area contributed by atoms with Gasteiger partial charge in [0.15, 0.2) is 10.2 Å². The first-order chi connectivity index (χ1) is 8.74. The van der Waals surface area contributed by atoms with Crippen LogP contribution in [-0.4, -0.2) is 36.4 Å². The lowest BCUT2D eigenvalue weighted by molar-refractivity contribution is 0.724. The van der Waals surface area contributed by atoms with E-state index >= 15 is 0 Å². The molecule has 0 heterocycles. The van der Waals surface area contributed by atoms with Crippen LogP contribution < -0.4 is 21.3 Å². The van der Waals surface area contributed by atoms with E-state index in [4.69, 9.17) is 24.4 Å². The van der Waals surface area contributed by atoms with Crippen LogP contribution in [0.1, 0.15) is 25.7 Å². The minimum Gasteiger partial charge on any atom is -0.362 e. The maximum atomic E-state index is 5.17. The van der Waals surface area contributed by atoms with Gasteiger partial charge in [-0.15, -0.1) is 0 Å². The predicted octanol–water partition coefficient (Wildman–Crippen LogP) is 0.735. The Morgan fingerprint density at radius 2 is 1.11 bits per heavy atom. The normalized spacial score (nSPS) is 18.0. The lowest BCUT2D eigenvalue weighted by atomic mass is 10.4. The van der Waals surface area contributed by atoms with Crippen molar-refractivity contribution in [2.75, 3.05) is 26.2 Å². The largest absolute Gasteiger partial charge is 0.362 e. The minimum atomic E-state index is 0.751. The molecule has 2 saturated carbocycles. The zero-order valence-corrected chi connectivity index (χ0v) is 12.3. The summed E-state index contributed by atoms with van der Waals surface area (Å²) in [6.07, 6.45) is 5.38. The topological polar surface area (TPSA) is 48.1 Å². The van der Waals surface area contributed by atoms with Crippen molar-refractivity contribution < 1.29 is 0 Å². The van der Waals surface area contributed by atoms with Gasteiger partial charge < -0.3 is 21.3 Å². The zero-order valence-electron chi connectivity index (χ0n) is 10.6. The van der Waals surface area contributed by atoms with Crippen molar-refractivity contribution >= 4 is 34.7 Å². The van der Waals surface area contributed by atoms with Gasteiger partial charge in [-0.3, -0.25) is 0 Å². The number of nitrogens with one attached hydrogen (secondary N) is 4. The van der Waals surface area contributed by atoms with Crippen LogP contribution in [0.3, 0.4) is 0 Å². The SMILES string of the molecule is S=C(NCCNC(=S)NCC1CC1)NCC1CC1. The van der Waals surface area contributed by atoms with E-state index in [9.17, 15) is 0 Å². The van der Waals surface area contributed by atoms with E-state index in [1.54, 1.807) is 0 Å². The maximum absolute atomic E-state index is 5.17. The number of hydrogen-bond acceptors (Lipinski definition) is 2. The lowest BCUT2D eigenvalue weighted by Crippen LogP contribution is -2.43. The summed E-state index contributed by atoms with van der Waals surface area (Å²) >= 11 is 10.3. The monoisotopic (exact) mass is 286 g/mol. The van der Waals surface area contributed by atoms with Gasteiger partial charge in [-0.2, -0.15) is 0 Å². The van der Waals surface area contributed by atoms with Crippen LogP contribution in [0.2, 0.25) is 0 Å². The third kappa shape index (κ3) is 6.35. The van der Waals surface area contributed by atoms with E-state index in [2.05, 4.69) is 21.3 Å². The summed E-state index contributed by atoms with van der Waals surface area (Å²) in [6, 6.07) is 0. The molecule has 2 aliphatic carbocycles. The first kappa shape index (κ1) is 13.8. The van der Waals surface area contributed by atoms with Gasteiger partial charge >= 0.3 is 0 Å². The van der Waals surface area contributed by atoms with Crippen LogP contribution in [0.25, 0.3) is 0 Å². The van der Waals surface area contributed by atoms with Gasteiger partial charge in [-0.05, 0) is 62.0 Å². The maximum Gasteiger partial charge on any atom is 0.166 e. The fourth-order valence-electron chi connectivity index (χ4n) is 1.60. The molecule has 2 rings (SSSR count). The van der Waals surface area contributed by atoms with Gasteiger partial charge in [-0.1, -0.05) is 0 Å². The second-order valence-corrected chi connectivity index (χ2v) is 5.98. The Kier molecular flexibility index (Phi) is 5.44. The first-order valence-corrected chi connectivity index (χ1v) is 7.59. The van der Waals surface area contributed by atoms with E-state index in [0.717, 1.165) is 48.2 Å². The van der Waals surface area contributed by atoms with Crippen LogP contribution in [0, 0.1) is 11.8 Å². The molecule has 0 aliphatic heterocycles.